The number of ether oxygens (including phenoxy) is 2. The van der Waals surface area contributed by atoms with Crippen LogP contribution in [0, 0.1) is 6.92 Å². The van der Waals surface area contributed by atoms with Gasteiger partial charge in [-0.1, -0.05) is 72.8 Å². The second-order valence-electron chi connectivity index (χ2n) is 10.9. The van der Waals surface area contributed by atoms with Gasteiger partial charge in [0, 0.05) is 12.0 Å². The van der Waals surface area contributed by atoms with Crippen molar-refractivity contribution < 1.29 is 9.47 Å². The van der Waals surface area contributed by atoms with Crippen molar-refractivity contribution in [3.63, 3.8) is 0 Å². The van der Waals surface area contributed by atoms with E-state index >= 15 is 0 Å². The first kappa shape index (κ1) is 26.3. The van der Waals surface area contributed by atoms with E-state index < -0.39 is 0 Å². The third kappa shape index (κ3) is 6.78. The fourth-order valence-electron chi connectivity index (χ4n) is 5.37. The van der Waals surface area contributed by atoms with Crippen molar-refractivity contribution in [3.05, 3.63) is 112 Å². The topological polar surface area (TPSA) is 31.4 Å². The van der Waals surface area contributed by atoms with Gasteiger partial charge in [0.25, 0.3) is 0 Å². The number of pyridine rings is 1. The third-order valence-electron chi connectivity index (χ3n) is 7.41. The van der Waals surface area contributed by atoms with E-state index in [2.05, 4.69) is 112 Å². The molecule has 0 saturated carbocycles. The van der Waals surface area contributed by atoms with Crippen LogP contribution in [-0.2, 0) is 27.9 Å². The Labute approximate surface area is 227 Å². The zero-order valence-corrected chi connectivity index (χ0v) is 23.0. The molecule has 1 aliphatic rings. The molecular weight excluding hydrogens is 466 g/mol. The van der Waals surface area contributed by atoms with Crippen LogP contribution in [-0.4, -0.2) is 17.9 Å². The summed E-state index contributed by atoms with van der Waals surface area (Å²) in [5, 5.41) is 1.17. The van der Waals surface area contributed by atoms with Crippen LogP contribution in [0.15, 0.2) is 78.9 Å². The minimum atomic E-state index is -0.376. The van der Waals surface area contributed by atoms with Gasteiger partial charge in [0.05, 0.1) is 16.8 Å². The predicted molar refractivity (Wildman–Crippen MR) is 158 cm³/mol. The molecule has 1 unspecified atom stereocenters. The summed E-state index contributed by atoms with van der Waals surface area (Å²) in [5.41, 5.74) is 8.07. The highest BCUT2D eigenvalue weighted by Crippen LogP contribution is 2.32. The molecular formula is C35H39NO2. The monoisotopic (exact) mass is 505 g/mol. The van der Waals surface area contributed by atoms with Gasteiger partial charge in [-0.2, -0.15) is 0 Å². The molecule has 1 aliphatic heterocycles. The Hall–Kier alpha value is -3.27. The van der Waals surface area contributed by atoms with E-state index in [1.54, 1.807) is 0 Å². The van der Waals surface area contributed by atoms with Crippen molar-refractivity contribution in [3.8, 4) is 0 Å². The van der Waals surface area contributed by atoms with E-state index in [0.29, 0.717) is 0 Å². The maximum Gasteiger partial charge on any atom is 0.158 e. The van der Waals surface area contributed by atoms with Gasteiger partial charge in [0.15, 0.2) is 6.29 Å². The third-order valence-corrected chi connectivity index (χ3v) is 7.41. The molecule has 1 fully saturated rings. The number of hydrogen-bond donors (Lipinski definition) is 0. The molecule has 0 bridgehead atoms. The number of aromatic nitrogens is 1. The molecule has 1 atom stereocenters. The lowest BCUT2D eigenvalue weighted by atomic mass is 9.90. The molecule has 0 aliphatic carbocycles. The van der Waals surface area contributed by atoms with Gasteiger partial charge < -0.3 is 9.47 Å². The van der Waals surface area contributed by atoms with E-state index in [-0.39, 0.29) is 11.9 Å². The summed E-state index contributed by atoms with van der Waals surface area (Å²) in [7, 11) is 0. The molecule has 5 rings (SSSR count). The number of aryl methyl sites for hydroxylation is 3. The fourth-order valence-corrected chi connectivity index (χ4v) is 5.37. The van der Waals surface area contributed by atoms with Crippen molar-refractivity contribution in [2.45, 2.75) is 71.2 Å². The minimum absolute atomic E-state index is 0.100. The first-order chi connectivity index (χ1) is 18.5. The van der Waals surface area contributed by atoms with Gasteiger partial charge in [0.1, 0.15) is 0 Å². The highest BCUT2D eigenvalue weighted by atomic mass is 16.7. The van der Waals surface area contributed by atoms with E-state index in [1.165, 1.54) is 39.6 Å². The minimum Gasteiger partial charge on any atom is -0.353 e. The van der Waals surface area contributed by atoms with Crippen molar-refractivity contribution in [1.82, 2.24) is 4.98 Å². The second kappa shape index (κ2) is 12.1. The average molecular weight is 506 g/mol. The number of nitrogens with zero attached hydrogens (tertiary/aromatic N) is 1. The molecule has 0 radical (unpaired) electrons. The highest BCUT2D eigenvalue weighted by Gasteiger charge is 2.29. The van der Waals surface area contributed by atoms with Crippen LogP contribution in [0.4, 0.5) is 0 Å². The first-order valence-electron chi connectivity index (χ1n) is 14.0. The van der Waals surface area contributed by atoms with Gasteiger partial charge in [-0.3, -0.25) is 0 Å². The number of rotatable bonds is 9. The maximum absolute atomic E-state index is 6.44. The molecule has 0 amide bonds. The van der Waals surface area contributed by atoms with Crippen LogP contribution in [0.3, 0.4) is 0 Å². The van der Waals surface area contributed by atoms with E-state index in [0.717, 1.165) is 49.9 Å². The lowest BCUT2D eigenvalue weighted by molar-refractivity contribution is -0.219. The van der Waals surface area contributed by atoms with Crippen molar-refractivity contribution in [2.24, 2.45) is 0 Å². The molecule has 196 valence electrons. The van der Waals surface area contributed by atoms with Gasteiger partial charge in [0.2, 0.25) is 0 Å². The van der Waals surface area contributed by atoms with Crippen LogP contribution < -0.4 is 0 Å². The fraction of sp³-hybridized carbons (Fsp3) is 0.343. The lowest BCUT2D eigenvalue weighted by Gasteiger charge is -2.34. The van der Waals surface area contributed by atoms with Crippen molar-refractivity contribution >= 4 is 23.1 Å². The molecule has 3 aromatic carbocycles. The molecule has 38 heavy (non-hydrogen) atoms. The van der Waals surface area contributed by atoms with Crippen LogP contribution in [0.2, 0.25) is 0 Å². The summed E-state index contributed by atoms with van der Waals surface area (Å²) in [5.74, 6) is 0. The Kier molecular flexibility index (Phi) is 8.36. The smallest absolute Gasteiger partial charge is 0.158 e. The van der Waals surface area contributed by atoms with Gasteiger partial charge in [-0.25, -0.2) is 4.98 Å². The van der Waals surface area contributed by atoms with Crippen LogP contribution in [0.1, 0.15) is 73.0 Å². The standard InChI is InChI=1S/C35H39NO2/c1-26-17-19-30-20-22-31(36-33(30)24-26)21-18-28-11-8-10-27(25-28)12-9-14-29-13-4-5-15-32(29)35(2,3)38-34-16-6-7-23-37-34/h4-5,8,10-11,13,15,17-22,24-25,34H,6-7,9,12,14,16,23H2,1-3H3/b21-18+. The molecule has 0 N–H and O–H groups in total. The normalized spacial score (nSPS) is 16.3. The molecule has 2 heterocycles. The summed E-state index contributed by atoms with van der Waals surface area (Å²) >= 11 is 0. The first-order valence-corrected chi connectivity index (χ1v) is 14.0. The summed E-state index contributed by atoms with van der Waals surface area (Å²) in [6, 6.07) is 28.2. The van der Waals surface area contributed by atoms with Crippen LogP contribution in [0.25, 0.3) is 23.1 Å². The zero-order chi connectivity index (χ0) is 26.4. The van der Waals surface area contributed by atoms with Gasteiger partial charge in [-0.05, 0) is 105 Å². The molecule has 1 aromatic heterocycles. The summed E-state index contributed by atoms with van der Waals surface area (Å²) in [4.78, 5) is 4.82. The lowest BCUT2D eigenvalue weighted by Crippen LogP contribution is -2.33. The SMILES string of the molecule is Cc1ccc2ccc(/C=C/c3cccc(CCCc4ccccc4C(C)(C)OC4CCCCO4)c3)nc2c1. The molecule has 3 nitrogen and oxygen atoms in total. The van der Waals surface area contributed by atoms with E-state index in [9.17, 15) is 0 Å². The van der Waals surface area contributed by atoms with Crippen LogP contribution >= 0.6 is 0 Å². The summed E-state index contributed by atoms with van der Waals surface area (Å²) in [6.07, 6.45) is 10.6. The van der Waals surface area contributed by atoms with Gasteiger partial charge in [-0.15, -0.1) is 0 Å². The largest absolute Gasteiger partial charge is 0.353 e. The summed E-state index contributed by atoms with van der Waals surface area (Å²) in [6.45, 7) is 7.25. The van der Waals surface area contributed by atoms with Crippen molar-refractivity contribution in [2.75, 3.05) is 6.61 Å². The molecule has 4 aromatic rings. The number of benzene rings is 3. The second-order valence-corrected chi connectivity index (χ2v) is 10.9. The predicted octanol–water partition coefficient (Wildman–Crippen LogP) is 8.67. The van der Waals surface area contributed by atoms with Crippen LogP contribution in [0.5, 0.6) is 0 Å². The van der Waals surface area contributed by atoms with E-state index in [1.807, 2.05) is 0 Å². The Morgan fingerprint density at radius 2 is 1.79 bits per heavy atom. The highest BCUT2D eigenvalue weighted by molar-refractivity contribution is 5.81. The zero-order valence-electron chi connectivity index (χ0n) is 23.0. The number of fused-ring (bicyclic) bond motifs is 1. The molecule has 0 spiro atoms. The number of hydrogen-bond acceptors (Lipinski definition) is 3. The molecule has 1 saturated heterocycles. The molecule has 3 heteroatoms. The average Bonchev–Trinajstić information content (AvgIpc) is 2.92. The Morgan fingerprint density at radius 1 is 0.921 bits per heavy atom. The quantitative estimate of drug-likeness (QED) is 0.228. The Morgan fingerprint density at radius 3 is 2.66 bits per heavy atom. The Balaban J connectivity index is 1.21. The summed E-state index contributed by atoms with van der Waals surface area (Å²) < 4.78 is 12.3. The Bertz CT molecular complexity index is 1400. The van der Waals surface area contributed by atoms with Crippen molar-refractivity contribution in [1.29, 1.82) is 0 Å². The maximum atomic E-state index is 6.44. The van der Waals surface area contributed by atoms with Gasteiger partial charge >= 0.3 is 0 Å². The van der Waals surface area contributed by atoms with E-state index in [4.69, 9.17) is 14.5 Å².